The van der Waals surface area contributed by atoms with Crippen molar-refractivity contribution in [2.75, 3.05) is 10.6 Å². The Kier molecular flexibility index (Phi) is 4.67. The number of hydrogen-bond donors (Lipinski definition) is 4. The van der Waals surface area contributed by atoms with Gasteiger partial charge in [0.25, 0.3) is 5.91 Å². The lowest BCUT2D eigenvalue weighted by Crippen LogP contribution is -2.34. The number of anilines is 1. The summed E-state index contributed by atoms with van der Waals surface area (Å²) in [5.74, 6) is -1.31. The van der Waals surface area contributed by atoms with E-state index < -0.39 is 17.8 Å². The number of phenols is 1. The molecule has 0 heterocycles. The normalized spacial score (nSPS) is 9.61. The van der Waals surface area contributed by atoms with Gasteiger partial charge in [0.2, 0.25) is 5.91 Å². The molecule has 8 heteroatoms. The van der Waals surface area contributed by atoms with E-state index in [-0.39, 0.29) is 22.3 Å². The van der Waals surface area contributed by atoms with E-state index in [9.17, 15) is 19.5 Å². The lowest BCUT2D eigenvalue weighted by atomic mass is 10.1. The first-order valence-corrected chi connectivity index (χ1v) is 5.85. The quantitative estimate of drug-likeness (QED) is 0.480. The number of rotatable bonds is 3. The summed E-state index contributed by atoms with van der Waals surface area (Å²) in [6.45, 7) is 0. The number of nitrogens with two attached hydrogens (primary N) is 1. The molecule has 4 amide bonds. The zero-order valence-electron chi connectivity index (χ0n) is 9.07. The number of carbonyl (C=O) groups is 3. The van der Waals surface area contributed by atoms with Crippen molar-refractivity contribution in [3.05, 3.63) is 23.8 Å². The number of phenolic OH excluding ortho intramolecular Hbond substituents is 1. The Balaban J connectivity index is 2.96. The van der Waals surface area contributed by atoms with Crippen LogP contribution in [0.1, 0.15) is 10.4 Å². The van der Waals surface area contributed by atoms with E-state index in [1.807, 2.05) is 5.32 Å². The molecule has 0 spiro atoms. The lowest BCUT2D eigenvalue weighted by Gasteiger charge is -2.08. The van der Waals surface area contributed by atoms with Crippen LogP contribution in [-0.2, 0) is 4.79 Å². The minimum atomic E-state index is -0.987. The molecule has 0 atom stereocenters. The smallest absolute Gasteiger partial charge is 0.319 e. The van der Waals surface area contributed by atoms with Gasteiger partial charge in [-0.05, 0) is 18.2 Å². The predicted octanol–water partition coefficient (Wildman–Crippen LogP) is 0.534. The summed E-state index contributed by atoms with van der Waals surface area (Å²) in [4.78, 5) is 33.1. The van der Waals surface area contributed by atoms with Gasteiger partial charge >= 0.3 is 6.03 Å². The zero-order chi connectivity index (χ0) is 13.7. The number of primary amides is 1. The third-order valence-electron chi connectivity index (χ3n) is 1.89. The molecule has 0 fully saturated rings. The van der Waals surface area contributed by atoms with Gasteiger partial charge in [-0.15, -0.1) is 0 Å². The standard InChI is InChI=1S/C10H10BrN3O4/c11-4-8(16)13-6-3-5(1-2-7(6)15)9(17)14-10(12)18/h1-3,15H,4H2,(H,13,16)(H3,12,14,17,18). The number of imide groups is 1. The van der Waals surface area contributed by atoms with Crippen molar-refractivity contribution >= 4 is 39.5 Å². The van der Waals surface area contributed by atoms with E-state index in [1.165, 1.54) is 18.2 Å². The van der Waals surface area contributed by atoms with Crippen molar-refractivity contribution in [2.24, 2.45) is 5.73 Å². The Morgan fingerprint density at radius 2 is 2.00 bits per heavy atom. The second-order valence-electron chi connectivity index (χ2n) is 3.23. The molecule has 96 valence electrons. The highest BCUT2D eigenvalue weighted by Gasteiger charge is 2.12. The van der Waals surface area contributed by atoms with Gasteiger partial charge in [-0.1, -0.05) is 15.9 Å². The molecule has 0 aliphatic rings. The fourth-order valence-corrected chi connectivity index (χ4v) is 1.29. The number of halogens is 1. The molecule has 18 heavy (non-hydrogen) atoms. The largest absolute Gasteiger partial charge is 0.506 e. The van der Waals surface area contributed by atoms with E-state index >= 15 is 0 Å². The van der Waals surface area contributed by atoms with Gasteiger partial charge in [0, 0.05) is 5.56 Å². The number of nitrogens with one attached hydrogen (secondary N) is 2. The number of urea groups is 1. The molecule has 0 unspecified atom stereocenters. The van der Waals surface area contributed by atoms with Crippen molar-refractivity contribution in [3.63, 3.8) is 0 Å². The summed E-state index contributed by atoms with van der Waals surface area (Å²) in [7, 11) is 0. The van der Waals surface area contributed by atoms with E-state index in [1.54, 1.807) is 0 Å². The molecular weight excluding hydrogens is 306 g/mol. The molecule has 0 aliphatic heterocycles. The van der Waals surface area contributed by atoms with Crippen molar-refractivity contribution in [1.82, 2.24) is 5.32 Å². The first kappa shape index (κ1) is 14.0. The van der Waals surface area contributed by atoms with Crippen LogP contribution in [-0.4, -0.2) is 28.3 Å². The maximum Gasteiger partial charge on any atom is 0.319 e. The molecular formula is C10H10BrN3O4. The van der Waals surface area contributed by atoms with Crippen LogP contribution in [0, 0.1) is 0 Å². The average Bonchev–Trinajstić information content (AvgIpc) is 2.30. The first-order valence-electron chi connectivity index (χ1n) is 4.73. The summed E-state index contributed by atoms with van der Waals surface area (Å²) in [6, 6.07) is 2.75. The molecule has 0 saturated heterocycles. The van der Waals surface area contributed by atoms with Crippen LogP contribution in [0.15, 0.2) is 18.2 Å². The van der Waals surface area contributed by atoms with Crippen LogP contribution in [0.2, 0.25) is 0 Å². The third-order valence-corrected chi connectivity index (χ3v) is 2.40. The van der Waals surface area contributed by atoms with Gasteiger partial charge in [0.05, 0.1) is 11.0 Å². The summed E-state index contributed by atoms with van der Waals surface area (Å²) in [5.41, 5.74) is 4.95. The van der Waals surface area contributed by atoms with Gasteiger partial charge in [0.15, 0.2) is 0 Å². The Labute approximate surface area is 110 Å². The van der Waals surface area contributed by atoms with Gasteiger partial charge in [-0.3, -0.25) is 14.9 Å². The predicted molar refractivity (Wildman–Crippen MR) is 67.6 cm³/mol. The van der Waals surface area contributed by atoms with Crippen LogP contribution in [0.5, 0.6) is 5.75 Å². The lowest BCUT2D eigenvalue weighted by molar-refractivity contribution is -0.113. The summed E-state index contributed by atoms with van der Waals surface area (Å²) < 4.78 is 0. The highest BCUT2D eigenvalue weighted by atomic mass is 79.9. The molecule has 1 aromatic carbocycles. The van der Waals surface area contributed by atoms with E-state index in [0.717, 1.165) is 0 Å². The summed E-state index contributed by atoms with van der Waals surface area (Å²) >= 11 is 2.94. The number of aromatic hydroxyl groups is 1. The topological polar surface area (TPSA) is 122 Å². The molecule has 0 radical (unpaired) electrons. The molecule has 0 saturated carbocycles. The Hall–Kier alpha value is -2.09. The number of amides is 4. The molecule has 1 rings (SSSR count). The van der Waals surface area contributed by atoms with E-state index in [2.05, 4.69) is 21.2 Å². The molecule has 7 nitrogen and oxygen atoms in total. The van der Waals surface area contributed by atoms with Gasteiger partial charge in [-0.25, -0.2) is 4.79 Å². The summed E-state index contributed by atoms with van der Waals surface area (Å²) in [6.07, 6.45) is 0. The van der Waals surface area contributed by atoms with Crippen LogP contribution in [0.3, 0.4) is 0 Å². The third kappa shape index (κ3) is 3.74. The second-order valence-corrected chi connectivity index (χ2v) is 3.79. The Morgan fingerprint density at radius 3 is 2.56 bits per heavy atom. The fraction of sp³-hybridized carbons (Fsp3) is 0.100. The average molecular weight is 316 g/mol. The SMILES string of the molecule is NC(=O)NC(=O)c1ccc(O)c(NC(=O)CBr)c1. The van der Waals surface area contributed by atoms with E-state index in [4.69, 9.17) is 5.73 Å². The minimum absolute atomic E-state index is 0.0458. The van der Waals surface area contributed by atoms with Gasteiger partial charge in [0.1, 0.15) is 5.75 Å². The van der Waals surface area contributed by atoms with Crippen LogP contribution >= 0.6 is 15.9 Å². The first-order chi connectivity index (χ1) is 8.43. The molecule has 0 aliphatic carbocycles. The maximum atomic E-state index is 11.5. The molecule has 0 aromatic heterocycles. The number of carbonyl (C=O) groups excluding carboxylic acids is 3. The highest BCUT2D eigenvalue weighted by Crippen LogP contribution is 2.24. The molecule has 5 N–H and O–H groups in total. The molecule has 0 bridgehead atoms. The van der Waals surface area contributed by atoms with Crippen LogP contribution in [0.4, 0.5) is 10.5 Å². The molecule has 1 aromatic rings. The number of benzene rings is 1. The fourth-order valence-electron chi connectivity index (χ4n) is 1.15. The van der Waals surface area contributed by atoms with Crippen molar-refractivity contribution in [2.45, 2.75) is 0 Å². The van der Waals surface area contributed by atoms with Crippen molar-refractivity contribution in [1.29, 1.82) is 0 Å². The maximum absolute atomic E-state index is 11.5. The monoisotopic (exact) mass is 315 g/mol. The number of hydrogen-bond acceptors (Lipinski definition) is 4. The minimum Gasteiger partial charge on any atom is -0.506 e. The second kappa shape index (κ2) is 6.01. The summed E-state index contributed by atoms with van der Waals surface area (Å²) in [5, 5.41) is 13.8. The van der Waals surface area contributed by atoms with Gasteiger partial charge in [-0.2, -0.15) is 0 Å². The Bertz CT molecular complexity index is 504. The zero-order valence-corrected chi connectivity index (χ0v) is 10.7. The number of alkyl halides is 1. The van der Waals surface area contributed by atoms with Gasteiger partial charge < -0.3 is 16.2 Å². The van der Waals surface area contributed by atoms with Crippen LogP contribution < -0.4 is 16.4 Å². The van der Waals surface area contributed by atoms with E-state index in [0.29, 0.717) is 0 Å². The van der Waals surface area contributed by atoms with Crippen molar-refractivity contribution < 1.29 is 19.5 Å². The highest BCUT2D eigenvalue weighted by molar-refractivity contribution is 9.09. The Morgan fingerprint density at radius 1 is 1.33 bits per heavy atom. The van der Waals surface area contributed by atoms with Crippen LogP contribution in [0.25, 0.3) is 0 Å². The van der Waals surface area contributed by atoms with Crippen molar-refractivity contribution in [3.8, 4) is 5.75 Å².